The quantitative estimate of drug-likeness (QED) is 0.353. The van der Waals surface area contributed by atoms with Crippen LogP contribution in [0.2, 0.25) is 5.15 Å². The molecule has 1 heterocycles. The average molecular weight is 197 g/mol. The van der Waals surface area contributed by atoms with Crippen LogP contribution >= 0.6 is 23.1 Å². The second kappa shape index (κ2) is 4.86. The highest BCUT2D eigenvalue weighted by Gasteiger charge is 1.99. The lowest BCUT2D eigenvalue weighted by atomic mass is 10.8. The molecule has 0 spiro atoms. The molecule has 11 heavy (non-hydrogen) atoms. The van der Waals surface area contributed by atoms with Gasteiger partial charge in [0.15, 0.2) is 7.05 Å². The van der Waals surface area contributed by atoms with Crippen molar-refractivity contribution in [1.82, 2.24) is 0 Å². The van der Waals surface area contributed by atoms with Crippen molar-refractivity contribution in [3.8, 4) is 0 Å². The Morgan fingerprint density at radius 3 is 2.27 bits per heavy atom. The SMILES string of the molecule is C[n+]1sccc1Cl.O=[N+]([O-])[O-]. The topological polar surface area (TPSA) is 70.1 Å². The highest BCUT2D eigenvalue weighted by atomic mass is 35.5. The Labute approximate surface area is 71.7 Å². The number of rotatable bonds is 0. The van der Waals surface area contributed by atoms with Gasteiger partial charge in [-0.25, -0.2) is 0 Å². The van der Waals surface area contributed by atoms with Crippen LogP contribution in [0.3, 0.4) is 0 Å². The van der Waals surface area contributed by atoms with Crippen molar-refractivity contribution >= 4 is 23.1 Å². The molecule has 1 rings (SSSR count). The summed E-state index contributed by atoms with van der Waals surface area (Å²) in [5.74, 6) is 0. The summed E-state index contributed by atoms with van der Waals surface area (Å²) in [5, 5.41) is 17.5. The molecule has 1 aromatic heterocycles. The predicted octanol–water partition coefficient (Wildman–Crippen LogP) is 0.987. The van der Waals surface area contributed by atoms with Gasteiger partial charge in [-0.15, -0.1) is 3.96 Å². The maximum atomic E-state index is 8.25. The smallest absolute Gasteiger partial charge is 0.288 e. The Kier molecular flexibility index (Phi) is 4.47. The van der Waals surface area contributed by atoms with Crippen molar-refractivity contribution in [2.45, 2.75) is 0 Å². The lowest BCUT2D eigenvalue weighted by Gasteiger charge is -1.74. The van der Waals surface area contributed by atoms with Gasteiger partial charge in [0.1, 0.15) is 11.5 Å². The van der Waals surface area contributed by atoms with Gasteiger partial charge in [0.05, 0.1) is 10.5 Å². The van der Waals surface area contributed by atoms with Crippen LogP contribution in [0.25, 0.3) is 0 Å². The number of hydrogen-bond donors (Lipinski definition) is 0. The van der Waals surface area contributed by atoms with Gasteiger partial charge in [0, 0.05) is 6.07 Å². The number of halogens is 1. The fraction of sp³-hybridized carbons (Fsp3) is 0.250. The van der Waals surface area contributed by atoms with E-state index in [4.69, 9.17) is 26.9 Å². The van der Waals surface area contributed by atoms with Gasteiger partial charge in [0.2, 0.25) is 0 Å². The normalized spacial score (nSPS) is 8.18. The molecule has 62 valence electrons. The molecule has 0 aliphatic rings. The van der Waals surface area contributed by atoms with Crippen LogP contribution in [-0.2, 0) is 7.05 Å². The molecule has 0 saturated heterocycles. The standard InChI is InChI=1S/C4H5ClNS.NO3/c1-6-4(5)2-3-7-6;2-1(3)4/h2-3H,1H3;/q+1;-1. The third kappa shape index (κ3) is 5.56. The Morgan fingerprint density at radius 2 is 2.18 bits per heavy atom. The molecule has 5 nitrogen and oxygen atoms in total. The van der Waals surface area contributed by atoms with Gasteiger partial charge >= 0.3 is 0 Å². The van der Waals surface area contributed by atoms with E-state index in [1.165, 1.54) is 0 Å². The predicted molar refractivity (Wildman–Crippen MR) is 40.9 cm³/mol. The average Bonchev–Trinajstić information content (AvgIpc) is 2.15. The second-order valence-corrected chi connectivity index (χ2v) is 2.87. The van der Waals surface area contributed by atoms with Crippen LogP contribution in [0.5, 0.6) is 0 Å². The van der Waals surface area contributed by atoms with Crippen molar-refractivity contribution in [3.63, 3.8) is 0 Å². The summed E-state index contributed by atoms with van der Waals surface area (Å²) < 4.78 is 1.89. The first-order chi connectivity index (χ1) is 5.04. The zero-order chi connectivity index (χ0) is 8.85. The van der Waals surface area contributed by atoms with Crippen molar-refractivity contribution in [1.29, 1.82) is 0 Å². The molecule has 0 N–H and O–H groups in total. The minimum absolute atomic E-state index is 0.796. The fourth-order valence-corrected chi connectivity index (χ4v) is 1.12. The van der Waals surface area contributed by atoms with Gasteiger partial charge in [0.25, 0.3) is 5.15 Å². The summed E-state index contributed by atoms with van der Waals surface area (Å²) in [6, 6.07) is 1.87. The van der Waals surface area contributed by atoms with Crippen molar-refractivity contribution in [2.24, 2.45) is 7.05 Å². The summed E-state index contributed by atoms with van der Waals surface area (Å²) in [4.78, 5) is 8.25. The monoisotopic (exact) mass is 196 g/mol. The van der Waals surface area contributed by atoms with E-state index >= 15 is 0 Å². The third-order valence-corrected chi connectivity index (χ3v) is 1.98. The van der Waals surface area contributed by atoms with Crippen LogP contribution in [0.1, 0.15) is 0 Å². The summed E-state index contributed by atoms with van der Waals surface area (Å²) in [6.45, 7) is 0. The summed E-state index contributed by atoms with van der Waals surface area (Å²) in [6.07, 6.45) is 0. The summed E-state index contributed by atoms with van der Waals surface area (Å²) in [5.41, 5.74) is 0. The van der Waals surface area contributed by atoms with E-state index in [9.17, 15) is 0 Å². The van der Waals surface area contributed by atoms with Gasteiger partial charge in [-0.3, -0.25) is 0 Å². The molecule has 0 aliphatic carbocycles. The molecular weight excluding hydrogens is 192 g/mol. The van der Waals surface area contributed by atoms with E-state index in [1.54, 1.807) is 11.5 Å². The van der Waals surface area contributed by atoms with Crippen LogP contribution in [-0.4, -0.2) is 5.09 Å². The Bertz CT molecular complexity index is 218. The van der Waals surface area contributed by atoms with Crippen LogP contribution in [0, 0.1) is 15.3 Å². The number of nitrogens with zero attached hydrogens (tertiary/aromatic N) is 2. The molecular formula is C4H5ClN2O3S. The molecule has 0 unspecified atom stereocenters. The lowest BCUT2D eigenvalue weighted by molar-refractivity contribution is -0.598. The zero-order valence-electron chi connectivity index (χ0n) is 5.56. The van der Waals surface area contributed by atoms with E-state index in [2.05, 4.69) is 0 Å². The van der Waals surface area contributed by atoms with Gasteiger partial charge in [-0.05, 0) is 11.6 Å². The van der Waals surface area contributed by atoms with Crippen molar-refractivity contribution in [2.75, 3.05) is 0 Å². The van der Waals surface area contributed by atoms with E-state index in [0.29, 0.717) is 0 Å². The van der Waals surface area contributed by atoms with Gasteiger partial charge < -0.3 is 15.3 Å². The molecule has 7 heteroatoms. The number of hydrogen-bond acceptors (Lipinski definition) is 4. The highest BCUT2D eigenvalue weighted by Crippen LogP contribution is 2.01. The first-order valence-corrected chi connectivity index (χ1v) is 3.66. The largest absolute Gasteiger partial charge is 0.356 e. The number of aryl methyl sites for hydroxylation is 1. The number of aromatic nitrogens is 1. The van der Waals surface area contributed by atoms with Gasteiger partial charge in [-0.2, -0.15) is 0 Å². The van der Waals surface area contributed by atoms with Crippen LogP contribution in [0.15, 0.2) is 11.4 Å². The minimum atomic E-state index is -1.75. The molecule has 0 radical (unpaired) electrons. The molecule has 0 amide bonds. The highest BCUT2D eigenvalue weighted by molar-refractivity contribution is 6.99. The Balaban J connectivity index is 0.000000218. The van der Waals surface area contributed by atoms with Crippen molar-refractivity contribution in [3.05, 3.63) is 31.9 Å². The molecule has 0 bridgehead atoms. The fourth-order valence-electron chi connectivity index (χ4n) is 0.333. The first-order valence-electron chi connectivity index (χ1n) is 2.45. The van der Waals surface area contributed by atoms with Crippen molar-refractivity contribution < 1.29 is 9.04 Å². The second-order valence-electron chi connectivity index (χ2n) is 1.45. The van der Waals surface area contributed by atoms with Crippen LogP contribution in [0.4, 0.5) is 0 Å². The zero-order valence-corrected chi connectivity index (χ0v) is 7.13. The minimum Gasteiger partial charge on any atom is -0.356 e. The van der Waals surface area contributed by atoms with Gasteiger partial charge in [-0.1, -0.05) is 0 Å². The maximum Gasteiger partial charge on any atom is 0.288 e. The Morgan fingerprint density at radius 1 is 1.73 bits per heavy atom. The molecule has 0 aromatic carbocycles. The third-order valence-electron chi connectivity index (χ3n) is 0.725. The van der Waals surface area contributed by atoms with E-state index in [1.807, 2.05) is 22.5 Å². The summed E-state index contributed by atoms with van der Waals surface area (Å²) >= 11 is 7.19. The summed E-state index contributed by atoms with van der Waals surface area (Å²) in [7, 11) is 1.92. The maximum absolute atomic E-state index is 8.25. The van der Waals surface area contributed by atoms with E-state index in [-0.39, 0.29) is 0 Å². The molecule has 0 atom stereocenters. The molecule has 1 aromatic rings. The molecule has 0 aliphatic heterocycles. The Hall–Kier alpha value is -0.880. The molecule has 0 saturated carbocycles. The van der Waals surface area contributed by atoms with E-state index in [0.717, 1.165) is 5.15 Å². The lowest BCUT2D eigenvalue weighted by Crippen LogP contribution is -2.21. The van der Waals surface area contributed by atoms with Crippen LogP contribution < -0.4 is 3.96 Å². The molecule has 0 fully saturated rings. The first kappa shape index (κ1) is 10.1. The van der Waals surface area contributed by atoms with E-state index < -0.39 is 5.09 Å².